The molecule has 20 heavy (non-hydrogen) atoms. The molecule has 0 saturated heterocycles. The lowest BCUT2D eigenvalue weighted by molar-refractivity contribution is 1.35. The molecule has 0 atom stereocenters. The summed E-state index contributed by atoms with van der Waals surface area (Å²) in [5.41, 5.74) is 4.07. The first-order chi connectivity index (χ1) is 9.90. The maximum Gasteiger partial charge on any atom is 0.138 e. The zero-order valence-corrected chi connectivity index (χ0v) is 10.5. The summed E-state index contributed by atoms with van der Waals surface area (Å²) in [6.45, 7) is 0. The molecule has 4 nitrogen and oxygen atoms in total. The van der Waals surface area contributed by atoms with E-state index in [4.69, 9.17) is 0 Å². The van der Waals surface area contributed by atoms with Crippen molar-refractivity contribution in [2.24, 2.45) is 0 Å². The second-order valence-electron chi connectivity index (χ2n) is 4.99. The van der Waals surface area contributed by atoms with Crippen molar-refractivity contribution < 1.29 is 0 Å². The predicted molar refractivity (Wildman–Crippen MR) is 80.8 cm³/mol. The molecule has 2 N–H and O–H groups in total. The van der Waals surface area contributed by atoms with Gasteiger partial charge in [0.15, 0.2) is 0 Å². The molecule has 5 rings (SSSR count). The summed E-state index contributed by atoms with van der Waals surface area (Å²) in [5.74, 6) is 0. The second kappa shape index (κ2) is 3.36. The fourth-order valence-electron chi connectivity index (χ4n) is 2.95. The van der Waals surface area contributed by atoms with Crippen molar-refractivity contribution in [3.8, 4) is 0 Å². The lowest BCUT2D eigenvalue weighted by Gasteiger charge is -1.93. The lowest BCUT2D eigenvalue weighted by atomic mass is 10.1. The summed E-state index contributed by atoms with van der Waals surface area (Å²) in [4.78, 5) is 15.5. The van der Waals surface area contributed by atoms with Crippen LogP contribution in [0, 0.1) is 0 Å². The molecule has 0 aliphatic carbocycles. The molecule has 0 radical (unpaired) electrons. The van der Waals surface area contributed by atoms with E-state index in [0.29, 0.717) is 0 Å². The van der Waals surface area contributed by atoms with Gasteiger partial charge in [0.2, 0.25) is 0 Å². The van der Waals surface area contributed by atoms with Crippen LogP contribution in [0.25, 0.3) is 43.9 Å². The van der Waals surface area contributed by atoms with Crippen molar-refractivity contribution in [1.29, 1.82) is 0 Å². The highest BCUT2D eigenvalue weighted by atomic mass is 14.9. The van der Waals surface area contributed by atoms with Gasteiger partial charge in [-0.1, -0.05) is 0 Å². The van der Waals surface area contributed by atoms with Gasteiger partial charge < -0.3 is 9.97 Å². The highest BCUT2D eigenvalue weighted by Crippen LogP contribution is 2.31. The molecule has 0 fully saturated rings. The van der Waals surface area contributed by atoms with E-state index < -0.39 is 0 Å². The van der Waals surface area contributed by atoms with Gasteiger partial charge >= 0.3 is 0 Å². The molecule has 94 valence electrons. The zero-order valence-electron chi connectivity index (χ0n) is 10.5. The topological polar surface area (TPSA) is 57.4 Å². The van der Waals surface area contributed by atoms with Crippen LogP contribution in [-0.2, 0) is 0 Å². The summed E-state index contributed by atoms with van der Waals surface area (Å²) >= 11 is 0. The van der Waals surface area contributed by atoms with Crippen molar-refractivity contribution in [3.05, 3.63) is 48.8 Å². The quantitative estimate of drug-likeness (QED) is 0.444. The van der Waals surface area contributed by atoms with E-state index in [0.717, 1.165) is 33.1 Å². The number of aromatic nitrogens is 4. The van der Waals surface area contributed by atoms with Crippen LogP contribution in [0.4, 0.5) is 0 Å². The van der Waals surface area contributed by atoms with E-state index in [1.54, 1.807) is 0 Å². The standard InChI is InChI=1S/C16H10N4/c1-3-9-11-7-14-12(8-13(11)19-15(9)17-5-1)10-4-2-6-18-16(10)20-14/h1-8H,(H,17,19)(H,18,20). The van der Waals surface area contributed by atoms with Gasteiger partial charge in [0.05, 0.1) is 0 Å². The molecule has 1 aromatic carbocycles. The van der Waals surface area contributed by atoms with Gasteiger partial charge in [-0.25, -0.2) is 9.97 Å². The van der Waals surface area contributed by atoms with Crippen LogP contribution < -0.4 is 0 Å². The van der Waals surface area contributed by atoms with E-state index in [-0.39, 0.29) is 0 Å². The molecule has 0 aliphatic rings. The van der Waals surface area contributed by atoms with Crippen molar-refractivity contribution in [2.75, 3.05) is 0 Å². The third-order valence-electron chi connectivity index (χ3n) is 3.86. The number of nitrogens with one attached hydrogen (secondary N) is 2. The fourth-order valence-corrected chi connectivity index (χ4v) is 2.95. The van der Waals surface area contributed by atoms with Crippen LogP contribution in [0.15, 0.2) is 48.8 Å². The number of H-pyrrole nitrogens is 2. The highest BCUT2D eigenvalue weighted by Gasteiger charge is 2.10. The first-order valence-electron chi connectivity index (χ1n) is 6.53. The molecular formula is C16H10N4. The minimum absolute atomic E-state index is 0.928. The van der Waals surface area contributed by atoms with Gasteiger partial charge in [-0.15, -0.1) is 0 Å². The van der Waals surface area contributed by atoms with Crippen LogP contribution in [-0.4, -0.2) is 19.9 Å². The minimum Gasteiger partial charge on any atom is -0.339 e. The third-order valence-corrected chi connectivity index (χ3v) is 3.86. The Balaban J connectivity index is 2.05. The van der Waals surface area contributed by atoms with Crippen molar-refractivity contribution >= 4 is 43.9 Å². The molecule has 0 spiro atoms. The molecular weight excluding hydrogens is 248 g/mol. The Morgan fingerprint density at radius 3 is 1.65 bits per heavy atom. The van der Waals surface area contributed by atoms with Crippen LogP contribution in [0.3, 0.4) is 0 Å². The summed E-state index contributed by atoms with van der Waals surface area (Å²) in [7, 11) is 0. The van der Waals surface area contributed by atoms with Crippen LogP contribution in [0.1, 0.15) is 0 Å². The maximum atomic E-state index is 4.38. The Labute approximate surface area is 113 Å². The Bertz CT molecular complexity index is 1010. The van der Waals surface area contributed by atoms with Gasteiger partial charge in [0, 0.05) is 45.0 Å². The summed E-state index contributed by atoms with van der Waals surface area (Å²) in [6.07, 6.45) is 3.62. The number of benzene rings is 1. The van der Waals surface area contributed by atoms with Crippen molar-refractivity contribution in [2.45, 2.75) is 0 Å². The van der Waals surface area contributed by atoms with Crippen LogP contribution in [0.5, 0.6) is 0 Å². The molecule has 0 unspecified atom stereocenters. The summed E-state index contributed by atoms with van der Waals surface area (Å²) < 4.78 is 0. The van der Waals surface area contributed by atoms with E-state index in [1.165, 1.54) is 10.8 Å². The minimum atomic E-state index is 0.928. The summed E-state index contributed by atoms with van der Waals surface area (Å²) in [6, 6.07) is 12.5. The monoisotopic (exact) mass is 258 g/mol. The zero-order chi connectivity index (χ0) is 13.1. The Morgan fingerprint density at radius 1 is 0.650 bits per heavy atom. The van der Waals surface area contributed by atoms with E-state index in [9.17, 15) is 0 Å². The second-order valence-corrected chi connectivity index (χ2v) is 4.99. The Hall–Kier alpha value is -2.88. The lowest BCUT2D eigenvalue weighted by Crippen LogP contribution is -1.72. The van der Waals surface area contributed by atoms with Gasteiger partial charge in [0.1, 0.15) is 11.3 Å². The number of pyridine rings is 2. The maximum absolute atomic E-state index is 4.38. The van der Waals surface area contributed by atoms with E-state index in [2.05, 4.69) is 44.2 Å². The molecule has 0 saturated carbocycles. The third kappa shape index (κ3) is 1.15. The highest BCUT2D eigenvalue weighted by molar-refractivity contribution is 6.15. The number of hydrogen-bond acceptors (Lipinski definition) is 2. The molecule has 0 amide bonds. The van der Waals surface area contributed by atoms with Crippen LogP contribution in [0.2, 0.25) is 0 Å². The van der Waals surface area contributed by atoms with Gasteiger partial charge in [-0.2, -0.15) is 0 Å². The fraction of sp³-hybridized carbons (Fsp3) is 0. The van der Waals surface area contributed by atoms with E-state index in [1.807, 2.05) is 24.5 Å². The summed E-state index contributed by atoms with van der Waals surface area (Å²) in [5, 5.41) is 4.67. The van der Waals surface area contributed by atoms with E-state index >= 15 is 0 Å². The molecule has 4 heterocycles. The number of fused-ring (bicyclic) bond motifs is 6. The van der Waals surface area contributed by atoms with Gasteiger partial charge in [0.25, 0.3) is 0 Å². The van der Waals surface area contributed by atoms with Crippen molar-refractivity contribution in [1.82, 2.24) is 19.9 Å². The largest absolute Gasteiger partial charge is 0.339 e. The average Bonchev–Trinajstić information content (AvgIpc) is 3.02. The molecule has 4 heteroatoms. The predicted octanol–water partition coefficient (Wildman–Crippen LogP) is 3.75. The number of aromatic amines is 2. The van der Waals surface area contributed by atoms with Crippen LogP contribution >= 0.6 is 0 Å². The van der Waals surface area contributed by atoms with Crippen molar-refractivity contribution in [3.63, 3.8) is 0 Å². The number of nitrogens with zero attached hydrogens (tertiary/aromatic N) is 2. The SMILES string of the molecule is c1cnc2[nH]c3cc4c(cc3c2c1)[nH]c1ncccc14. The number of rotatable bonds is 0. The normalized spacial score (nSPS) is 12.0. The Kier molecular flexibility index (Phi) is 1.68. The smallest absolute Gasteiger partial charge is 0.138 e. The molecule has 0 aliphatic heterocycles. The average molecular weight is 258 g/mol. The first kappa shape index (κ1) is 9.97. The molecule has 0 bridgehead atoms. The van der Waals surface area contributed by atoms with Gasteiger partial charge in [-0.05, 0) is 36.4 Å². The number of hydrogen-bond donors (Lipinski definition) is 2. The first-order valence-corrected chi connectivity index (χ1v) is 6.53. The molecule has 4 aromatic heterocycles. The van der Waals surface area contributed by atoms with Gasteiger partial charge in [-0.3, -0.25) is 0 Å². The molecule has 5 aromatic rings. The Morgan fingerprint density at radius 2 is 1.15 bits per heavy atom.